The Morgan fingerprint density at radius 1 is 1.00 bits per heavy atom. The predicted octanol–water partition coefficient (Wildman–Crippen LogP) is 3.56. The Morgan fingerprint density at radius 2 is 1.76 bits per heavy atom. The number of oxazole rings is 1. The van der Waals surface area contributed by atoms with E-state index in [4.69, 9.17) is 10.2 Å². The third-order valence-electron chi connectivity index (χ3n) is 2.36. The van der Waals surface area contributed by atoms with Gasteiger partial charge in [-0.2, -0.15) is 0 Å². The van der Waals surface area contributed by atoms with E-state index in [1.807, 2.05) is 48.5 Å². The maximum Gasteiger partial charge on any atom is 0.261 e. The Labute approximate surface area is 103 Å². The highest BCUT2D eigenvalue weighted by atomic mass is 32.2. The fourth-order valence-electron chi connectivity index (χ4n) is 1.53. The number of fused-ring (bicyclic) bond motifs is 1. The topological polar surface area (TPSA) is 52.0 Å². The third kappa shape index (κ3) is 2.12. The van der Waals surface area contributed by atoms with Gasteiger partial charge in [-0.15, -0.1) is 0 Å². The third-order valence-corrected chi connectivity index (χ3v) is 3.22. The van der Waals surface area contributed by atoms with Crippen LogP contribution in [0.1, 0.15) is 0 Å². The van der Waals surface area contributed by atoms with Gasteiger partial charge in [0.05, 0.1) is 0 Å². The van der Waals surface area contributed by atoms with Crippen molar-refractivity contribution in [1.82, 2.24) is 4.98 Å². The van der Waals surface area contributed by atoms with Gasteiger partial charge >= 0.3 is 0 Å². The molecule has 0 aliphatic carbocycles. The summed E-state index contributed by atoms with van der Waals surface area (Å²) in [5, 5.41) is 0.649. The Balaban J connectivity index is 1.92. The molecule has 2 aromatic carbocycles. The van der Waals surface area contributed by atoms with Crippen LogP contribution in [0.15, 0.2) is 63.1 Å². The Morgan fingerprint density at radius 3 is 2.53 bits per heavy atom. The van der Waals surface area contributed by atoms with Crippen LogP contribution in [0.2, 0.25) is 0 Å². The lowest BCUT2D eigenvalue weighted by molar-refractivity contribution is 0.489. The van der Waals surface area contributed by atoms with Crippen LogP contribution in [0.5, 0.6) is 0 Å². The summed E-state index contributed by atoms with van der Waals surface area (Å²) in [5.41, 5.74) is 8.08. The van der Waals surface area contributed by atoms with E-state index >= 15 is 0 Å². The highest BCUT2D eigenvalue weighted by Crippen LogP contribution is 2.29. The normalized spacial score (nSPS) is 10.8. The van der Waals surface area contributed by atoms with Crippen molar-refractivity contribution < 1.29 is 4.42 Å². The molecule has 0 aliphatic rings. The van der Waals surface area contributed by atoms with E-state index in [-0.39, 0.29) is 0 Å². The van der Waals surface area contributed by atoms with Gasteiger partial charge in [0, 0.05) is 10.6 Å². The first kappa shape index (κ1) is 10.2. The van der Waals surface area contributed by atoms with Crippen molar-refractivity contribution in [3.8, 4) is 0 Å². The summed E-state index contributed by atoms with van der Waals surface area (Å²) in [7, 11) is 0. The van der Waals surface area contributed by atoms with E-state index in [1.165, 1.54) is 11.8 Å². The molecule has 0 amide bonds. The monoisotopic (exact) mass is 242 g/mol. The van der Waals surface area contributed by atoms with Gasteiger partial charge in [0.2, 0.25) is 0 Å². The van der Waals surface area contributed by atoms with Crippen LogP contribution in [0.4, 0.5) is 5.69 Å². The molecule has 17 heavy (non-hydrogen) atoms. The molecule has 0 bridgehead atoms. The smallest absolute Gasteiger partial charge is 0.261 e. The van der Waals surface area contributed by atoms with Crippen LogP contribution in [0.3, 0.4) is 0 Å². The lowest BCUT2D eigenvalue weighted by Gasteiger charge is -1.96. The molecule has 0 fully saturated rings. The Hall–Kier alpha value is -1.94. The van der Waals surface area contributed by atoms with Crippen molar-refractivity contribution in [1.29, 1.82) is 0 Å². The predicted molar refractivity (Wildman–Crippen MR) is 69.0 cm³/mol. The molecule has 0 saturated carbocycles. The number of rotatable bonds is 2. The number of aromatic nitrogens is 1. The summed E-state index contributed by atoms with van der Waals surface area (Å²) in [4.78, 5) is 5.46. The van der Waals surface area contributed by atoms with Gasteiger partial charge in [0.15, 0.2) is 5.58 Å². The molecule has 3 aromatic rings. The summed E-state index contributed by atoms with van der Waals surface area (Å²) in [6.45, 7) is 0. The molecule has 3 nitrogen and oxygen atoms in total. The second-order valence-electron chi connectivity index (χ2n) is 3.62. The maximum atomic E-state index is 5.63. The zero-order valence-corrected chi connectivity index (χ0v) is 9.78. The molecule has 3 rings (SSSR count). The maximum absolute atomic E-state index is 5.63. The largest absolute Gasteiger partial charge is 0.431 e. The van der Waals surface area contributed by atoms with E-state index in [0.29, 0.717) is 5.22 Å². The lowest BCUT2D eigenvalue weighted by Crippen LogP contribution is -1.82. The van der Waals surface area contributed by atoms with Gasteiger partial charge in [-0.05, 0) is 48.2 Å². The SMILES string of the molecule is Nc1ccc(Sc2nc3ccccc3o2)cc1. The van der Waals surface area contributed by atoms with E-state index < -0.39 is 0 Å². The molecule has 0 unspecified atom stereocenters. The van der Waals surface area contributed by atoms with Crippen molar-refractivity contribution in [3.63, 3.8) is 0 Å². The lowest BCUT2D eigenvalue weighted by atomic mass is 10.3. The highest BCUT2D eigenvalue weighted by Gasteiger charge is 2.06. The number of para-hydroxylation sites is 2. The average molecular weight is 242 g/mol. The van der Waals surface area contributed by atoms with Crippen LogP contribution >= 0.6 is 11.8 Å². The van der Waals surface area contributed by atoms with E-state index in [0.717, 1.165) is 21.7 Å². The minimum atomic E-state index is 0.649. The van der Waals surface area contributed by atoms with Gasteiger partial charge in [0.25, 0.3) is 5.22 Å². The summed E-state index contributed by atoms with van der Waals surface area (Å²) in [6, 6.07) is 15.4. The van der Waals surface area contributed by atoms with E-state index in [1.54, 1.807) is 0 Å². The van der Waals surface area contributed by atoms with Crippen LogP contribution in [-0.4, -0.2) is 4.98 Å². The number of hydrogen-bond donors (Lipinski definition) is 1. The van der Waals surface area contributed by atoms with Gasteiger partial charge in [-0.1, -0.05) is 12.1 Å². The summed E-state index contributed by atoms with van der Waals surface area (Å²) < 4.78 is 5.62. The first-order valence-electron chi connectivity index (χ1n) is 5.20. The average Bonchev–Trinajstić information content (AvgIpc) is 2.74. The van der Waals surface area contributed by atoms with Crippen LogP contribution in [-0.2, 0) is 0 Å². The van der Waals surface area contributed by atoms with Crippen LogP contribution in [0.25, 0.3) is 11.1 Å². The second-order valence-corrected chi connectivity index (χ2v) is 4.64. The zero-order chi connectivity index (χ0) is 11.7. The number of nitrogens with zero attached hydrogens (tertiary/aromatic N) is 1. The molecule has 0 atom stereocenters. The summed E-state index contributed by atoms with van der Waals surface area (Å²) in [6.07, 6.45) is 0. The first-order valence-corrected chi connectivity index (χ1v) is 6.02. The molecule has 0 aliphatic heterocycles. The van der Waals surface area contributed by atoms with Crippen molar-refractivity contribution in [2.45, 2.75) is 10.1 Å². The quantitative estimate of drug-likeness (QED) is 0.698. The van der Waals surface area contributed by atoms with Crippen LogP contribution < -0.4 is 5.73 Å². The number of nitrogens with two attached hydrogens (primary N) is 1. The van der Waals surface area contributed by atoms with E-state index in [2.05, 4.69) is 4.98 Å². The molecular weight excluding hydrogens is 232 g/mol. The molecule has 84 valence electrons. The minimum absolute atomic E-state index is 0.649. The number of benzene rings is 2. The number of hydrogen-bond acceptors (Lipinski definition) is 4. The highest BCUT2D eigenvalue weighted by molar-refractivity contribution is 7.99. The molecule has 0 saturated heterocycles. The minimum Gasteiger partial charge on any atom is -0.431 e. The molecule has 0 spiro atoms. The summed E-state index contributed by atoms with van der Waals surface area (Å²) >= 11 is 1.49. The van der Waals surface area contributed by atoms with Crippen molar-refractivity contribution in [3.05, 3.63) is 48.5 Å². The summed E-state index contributed by atoms with van der Waals surface area (Å²) in [5.74, 6) is 0. The van der Waals surface area contributed by atoms with Gasteiger partial charge in [-0.3, -0.25) is 0 Å². The molecule has 4 heteroatoms. The number of anilines is 1. The fourth-order valence-corrected chi connectivity index (χ4v) is 2.28. The van der Waals surface area contributed by atoms with Crippen molar-refractivity contribution in [2.75, 3.05) is 5.73 Å². The van der Waals surface area contributed by atoms with Crippen molar-refractivity contribution >= 4 is 28.5 Å². The standard InChI is InChI=1S/C13H10N2OS/c14-9-5-7-10(8-6-9)17-13-15-11-3-1-2-4-12(11)16-13/h1-8H,14H2. The second kappa shape index (κ2) is 4.14. The molecular formula is C13H10N2OS. The van der Waals surface area contributed by atoms with Crippen LogP contribution in [0, 0.1) is 0 Å². The van der Waals surface area contributed by atoms with Gasteiger partial charge in [0.1, 0.15) is 5.52 Å². The Kier molecular flexibility index (Phi) is 2.49. The fraction of sp³-hybridized carbons (Fsp3) is 0. The molecule has 1 heterocycles. The zero-order valence-electron chi connectivity index (χ0n) is 8.96. The van der Waals surface area contributed by atoms with E-state index in [9.17, 15) is 0 Å². The first-order chi connectivity index (χ1) is 8.31. The Bertz CT molecular complexity index is 613. The van der Waals surface area contributed by atoms with Crippen molar-refractivity contribution in [2.24, 2.45) is 0 Å². The van der Waals surface area contributed by atoms with Gasteiger partial charge in [-0.25, -0.2) is 4.98 Å². The van der Waals surface area contributed by atoms with Gasteiger partial charge < -0.3 is 10.2 Å². The molecule has 1 aromatic heterocycles. The number of nitrogen functional groups attached to an aromatic ring is 1. The molecule has 0 radical (unpaired) electrons. The molecule has 2 N–H and O–H groups in total.